The molecular weight excluding hydrogens is 601 g/mol. The molecule has 0 heterocycles. The van der Waals surface area contributed by atoms with Gasteiger partial charge in [-0.2, -0.15) is 0 Å². The van der Waals surface area contributed by atoms with Gasteiger partial charge in [0.1, 0.15) is 0 Å². The van der Waals surface area contributed by atoms with Crippen molar-refractivity contribution in [1.82, 2.24) is 0 Å². The number of rotatable bonds is 3. The summed E-state index contributed by atoms with van der Waals surface area (Å²) in [6.07, 6.45) is 0. The Morgan fingerprint density at radius 1 is 0.478 bits per heavy atom. The molecule has 0 radical (unpaired) electrons. The van der Waals surface area contributed by atoms with Gasteiger partial charge < -0.3 is 0 Å². The van der Waals surface area contributed by atoms with E-state index in [-0.39, 0.29) is 0 Å². The normalized spacial score (nSPS) is 9.91. The van der Waals surface area contributed by atoms with E-state index in [0.717, 1.165) is 0 Å². The van der Waals surface area contributed by atoms with Gasteiger partial charge in [-0.15, -0.1) is 0 Å². The molecule has 0 aromatic heterocycles. The minimum absolute atomic E-state index is 1.04. The predicted molar refractivity (Wildman–Crippen MR) is 117 cm³/mol. The van der Waals surface area contributed by atoms with E-state index in [9.17, 15) is 0 Å². The molecule has 0 nitrogen and oxygen atoms in total. The van der Waals surface area contributed by atoms with Crippen LogP contribution in [0.3, 0.4) is 0 Å². The molecule has 23 heavy (non-hydrogen) atoms. The molecule has 0 aliphatic rings. The van der Waals surface area contributed by atoms with Crippen molar-refractivity contribution in [1.29, 1.82) is 0 Å². The molecule has 0 atom stereocenters. The predicted octanol–water partition coefficient (Wildman–Crippen LogP) is 4.36. The van der Waals surface area contributed by atoms with Crippen LogP contribution in [0.1, 0.15) is 0 Å². The van der Waals surface area contributed by atoms with Gasteiger partial charge in [0.05, 0.1) is 0 Å². The summed E-state index contributed by atoms with van der Waals surface area (Å²) in [4.78, 5) is 0. The Kier molecular flexibility index (Phi) is 9.40. The number of hydrogen-bond acceptors (Lipinski definition) is 0. The Labute approximate surface area is 167 Å². The molecule has 0 unspecified atom stereocenters. The molecule has 3 aromatic rings. The van der Waals surface area contributed by atoms with Gasteiger partial charge in [0.25, 0.3) is 0 Å². The Morgan fingerprint density at radius 3 is 0.913 bits per heavy atom. The van der Waals surface area contributed by atoms with Crippen molar-refractivity contribution in [3.63, 3.8) is 0 Å². The standard InChI is InChI=1S/C18H15As.3BrH.Ga/c1-4-10-16(11-5-1)19(17-12-6-2-7-13-17)18-14-8-3-9-15-18;;;;/h1-15H;3*1H;/q;;;;+3/p-3. The average molecular weight is 616 g/mol. The van der Waals surface area contributed by atoms with Crippen LogP contribution in [-0.2, 0) is 0 Å². The first-order valence-corrected chi connectivity index (χ1v) is 26.9. The third-order valence-electron chi connectivity index (χ3n) is 3.04. The maximum atomic E-state index is 3.29. The van der Waals surface area contributed by atoms with Crippen molar-refractivity contribution in [3.05, 3.63) is 91.0 Å². The summed E-state index contributed by atoms with van der Waals surface area (Å²) in [5.74, 6) is 0. The van der Waals surface area contributed by atoms with Crippen LogP contribution < -0.4 is 13.1 Å². The third kappa shape index (κ3) is 6.97. The van der Waals surface area contributed by atoms with E-state index in [1.165, 1.54) is 13.1 Å². The van der Waals surface area contributed by atoms with Crippen LogP contribution in [0, 0.1) is 0 Å². The molecule has 0 N–H and O–H groups in total. The molecule has 3 aromatic carbocycles. The van der Waals surface area contributed by atoms with Crippen molar-refractivity contribution >= 4 is 78.7 Å². The molecule has 0 bridgehead atoms. The van der Waals surface area contributed by atoms with Crippen LogP contribution in [0.5, 0.6) is 0 Å². The van der Waals surface area contributed by atoms with E-state index < -0.39 is 24.9 Å². The molecule has 0 spiro atoms. The van der Waals surface area contributed by atoms with Crippen molar-refractivity contribution in [2.45, 2.75) is 0 Å². The van der Waals surface area contributed by atoms with Crippen LogP contribution >= 0.6 is 40.7 Å². The van der Waals surface area contributed by atoms with Crippen molar-refractivity contribution in [3.8, 4) is 0 Å². The Balaban J connectivity index is 0.000000433. The Hall–Kier alpha value is 0.295. The van der Waals surface area contributed by atoms with E-state index in [4.69, 9.17) is 0 Å². The zero-order valence-corrected chi connectivity index (χ0v) is 21.4. The van der Waals surface area contributed by atoms with Crippen molar-refractivity contribution in [2.24, 2.45) is 0 Å². The molecule has 0 fully saturated rings. The van der Waals surface area contributed by atoms with Crippen molar-refractivity contribution < 1.29 is 0 Å². The first-order chi connectivity index (χ1) is 11.2. The van der Waals surface area contributed by atoms with E-state index in [1.54, 1.807) is 0 Å². The zero-order valence-electron chi connectivity index (χ0n) is 12.3. The number of halogens is 3. The van der Waals surface area contributed by atoms with Crippen LogP contribution in [0.15, 0.2) is 91.0 Å². The molecule has 5 heteroatoms. The second-order valence-electron chi connectivity index (χ2n) is 4.59. The summed E-state index contributed by atoms with van der Waals surface area (Å²) >= 11 is 8.49. The van der Waals surface area contributed by atoms with Crippen molar-refractivity contribution in [2.75, 3.05) is 0 Å². The summed E-state index contributed by atoms with van der Waals surface area (Å²) < 4.78 is 4.44. The van der Waals surface area contributed by atoms with E-state index >= 15 is 0 Å². The van der Waals surface area contributed by atoms with Gasteiger partial charge in [-0.05, 0) is 0 Å². The molecular formula is C18H15AsBr3Ga. The summed E-state index contributed by atoms with van der Waals surface area (Å²) in [7, 11) is -1.04. The van der Waals surface area contributed by atoms with Gasteiger partial charge in [0, 0.05) is 0 Å². The van der Waals surface area contributed by atoms with E-state index in [1.807, 2.05) is 0 Å². The average Bonchev–Trinajstić information content (AvgIpc) is 2.58. The molecule has 0 amide bonds. The molecule has 0 saturated heterocycles. The van der Waals surface area contributed by atoms with Gasteiger partial charge in [0.2, 0.25) is 0 Å². The molecule has 3 rings (SSSR count). The maximum absolute atomic E-state index is 3.29. The van der Waals surface area contributed by atoms with Gasteiger partial charge >= 0.3 is 170 Å². The number of benzene rings is 3. The zero-order chi connectivity index (χ0) is 16.5. The quantitative estimate of drug-likeness (QED) is 0.385. The molecule has 0 aliphatic heterocycles. The van der Waals surface area contributed by atoms with Gasteiger partial charge in [-0.3, -0.25) is 0 Å². The van der Waals surface area contributed by atoms with Crippen LogP contribution in [0.4, 0.5) is 0 Å². The van der Waals surface area contributed by atoms with E-state index in [2.05, 4.69) is 132 Å². The summed E-state index contributed by atoms with van der Waals surface area (Å²) in [5, 5.41) is 0. The van der Waals surface area contributed by atoms with Crippen LogP contribution in [0.2, 0.25) is 0 Å². The first-order valence-electron chi connectivity index (χ1n) is 7.06. The fourth-order valence-electron chi connectivity index (χ4n) is 2.18. The SMILES string of the molecule is [Br][Ga]([Br])[Br].c1ccc([As](c2ccccc2)c2ccccc2)cc1. The fourth-order valence-corrected chi connectivity index (χ4v) is 7.02. The second kappa shape index (κ2) is 11.0. The monoisotopic (exact) mass is 612 g/mol. The minimum atomic E-state index is -1.39. The molecule has 116 valence electrons. The van der Waals surface area contributed by atoms with E-state index in [0.29, 0.717) is 0 Å². The second-order valence-corrected chi connectivity index (χ2v) is 43.7. The first kappa shape index (κ1) is 19.6. The molecule has 0 saturated carbocycles. The summed E-state index contributed by atoms with van der Waals surface area (Å²) in [6.45, 7) is 0. The number of hydrogen-bond donors (Lipinski definition) is 0. The third-order valence-corrected chi connectivity index (χ3v) is 8.17. The summed E-state index contributed by atoms with van der Waals surface area (Å²) in [5.41, 5.74) is 0. The van der Waals surface area contributed by atoms with Crippen LogP contribution in [0.25, 0.3) is 0 Å². The fraction of sp³-hybridized carbons (Fsp3) is 0. The Bertz CT molecular complexity index is 582. The summed E-state index contributed by atoms with van der Waals surface area (Å²) in [6, 6.07) is 32.7. The van der Waals surface area contributed by atoms with Gasteiger partial charge in [-0.25, -0.2) is 0 Å². The topological polar surface area (TPSA) is 0 Å². The van der Waals surface area contributed by atoms with Crippen LogP contribution in [-0.4, -0.2) is 24.9 Å². The molecule has 0 aliphatic carbocycles. The Morgan fingerprint density at radius 2 is 0.696 bits per heavy atom. The van der Waals surface area contributed by atoms with Gasteiger partial charge in [-0.1, -0.05) is 0 Å². The van der Waals surface area contributed by atoms with Gasteiger partial charge in [0.15, 0.2) is 0 Å².